The Hall–Kier alpha value is -1.20. The largest absolute Gasteiger partial charge is 2.00 e. The van der Waals surface area contributed by atoms with Crippen molar-refractivity contribution in [3.63, 3.8) is 0 Å². The quantitative estimate of drug-likeness (QED) is 0.336. The van der Waals surface area contributed by atoms with Crippen molar-refractivity contribution < 1.29 is 26.2 Å². The summed E-state index contributed by atoms with van der Waals surface area (Å²) < 4.78 is 0. The maximum atomic E-state index is 3.53. The summed E-state index contributed by atoms with van der Waals surface area (Å²) in [6.07, 6.45) is 11.0. The van der Waals surface area contributed by atoms with Crippen molar-refractivity contribution in [3.05, 3.63) is 83.0 Å². The van der Waals surface area contributed by atoms with E-state index in [-0.39, 0.29) is 37.0 Å². The Kier molecular flexibility index (Phi) is 6.91. The maximum Gasteiger partial charge on any atom is 2.00 e. The zero-order valence-corrected chi connectivity index (χ0v) is 20.0. The summed E-state index contributed by atoms with van der Waals surface area (Å²) in [6, 6.07) is 15.1. The molecular formula is C26H30Zr. The van der Waals surface area contributed by atoms with Gasteiger partial charge in [-0.3, -0.25) is 6.08 Å². The number of benzene rings is 2. The SMILES string of the molecule is CC(C)(C)c1c[c-]c2c(c1)-c1cc(C(C)(C)C)ccc1C2.[C-]1=CC=CC1.[Zr+2]. The summed E-state index contributed by atoms with van der Waals surface area (Å²) >= 11 is 0. The fourth-order valence-electron chi connectivity index (χ4n) is 3.32. The van der Waals surface area contributed by atoms with E-state index in [2.05, 4.69) is 90.1 Å². The smallest absolute Gasteiger partial charge is 0.273 e. The summed E-state index contributed by atoms with van der Waals surface area (Å²) in [5.41, 5.74) is 8.76. The van der Waals surface area contributed by atoms with Gasteiger partial charge in [0, 0.05) is 0 Å². The maximum absolute atomic E-state index is 3.53. The predicted molar refractivity (Wildman–Crippen MR) is 112 cm³/mol. The molecule has 138 valence electrons. The van der Waals surface area contributed by atoms with Gasteiger partial charge in [-0.1, -0.05) is 76.3 Å². The topological polar surface area (TPSA) is 0 Å². The third kappa shape index (κ3) is 5.20. The number of hydrogen-bond acceptors (Lipinski definition) is 0. The molecule has 0 saturated heterocycles. The molecule has 0 atom stereocenters. The normalized spacial score (nSPS) is 14.1. The van der Waals surface area contributed by atoms with Crippen LogP contribution in [-0.4, -0.2) is 0 Å². The van der Waals surface area contributed by atoms with Gasteiger partial charge in [0.15, 0.2) is 0 Å². The molecule has 4 rings (SSSR count). The molecule has 0 radical (unpaired) electrons. The van der Waals surface area contributed by atoms with E-state index in [9.17, 15) is 0 Å². The molecule has 2 aromatic rings. The predicted octanol–water partition coefficient (Wildman–Crippen LogP) is 6.96. The minimum Gasteiger partial charge on any atom is -0.273 e. The molecule has 0 aliphatic heterocycles. The van der Waals surface area contributed by atoms with Crippen LogP contribution in [0, 0.1) is 12.1 Å². The fourth-order valence-corrected chi connectivity index (χ4v) is 3.32. The standard InChI is InChI=1S/C21H25.C5H5.Zr/c1-20(2,3)16-9-7-14-11-15-8-10-17(21(4,5)6)13-19(15)18(14)12-16;1-2-4-5-3-1;/h7,9-10,12-13H,11H2,1-6H3;1-3H,4H2;/q2*-1;+2. The van der Waals surface area contributed by atoms with Crippen molar-refractivity contribution in [2.24, 2.45) is 0 Å². The van der Waals surface area contributed by atoms with Crippen LogP contribution in [0.5, 0.6) is 0 Å². The first-order valence-electron chi connectivity index (χ1n) is 9.57. The third-order valence-electron chi connectivity index (χ3n) is 5.11. The van der Waals surface area contributed by atoms with E-state index >= 15 is 0 Å². The van der Waals surface area contributed by atoms with E-state index in [0.29, 0.717) is 0 Å². The van der Waals surface area contributed by atoms with Crippen molar-refractivity contribution in [2.45, 2.75) is 65.2 Å². The molecule has 0 nitrogen and oxygen atoms in total. The van der Waals surface area contributed by atoms with Crippen LogP contribution in [0.15, 0.2) is 48.6 Å². The van der Waals surface area contributed by atoms with E-state index in [4.69, 9.17) is 0 Å². The Bertz CT molecular complexity index is 783. The summed E-state index contributed by atoms with van der Waals surface area (Å²) in [4.78, 5) is 0. The molecule has 0 bridgehead atoms. The number of allylic oxidation sites excluding steroid dienone is 4. The van der Waals surface area contributed by atoms with Crippen molar-refractivity contribution >= 4 is 0 Å². The minimum absolute atomic E-state index is 0. The van der Waals surface area contributed by atoms with Crippen LogP contribution in [0.1, 0.15) is 70.2 Å². The molecule has 0 N–H and O–H groups in total. The molecule has 2 aliphatic carbocycles. The van der Waals surface area contributed by atoms with Crippen molar-refractivity contribution in [3.8, 4) is 11.1 Å². The molecule has 2 aliphatic rings. The molecule has 2 aromatic carbocycles. The van der Waals surface area contributed by atoms with E-state index in [1.807, 2.05) is 12.2 Å². The minimum atomic E-state index is 0. The molecule has 0 heterocycles. The number of hydrogen-bond donors (Lipinski definition) is 0. The van der Waals surface area contributed by atoms with Crippen LogP contribution in [-0.2, 0) is 43.5 Å². The monoisotopic (exact) mass is 432 g/mol. The Morgan fingerprint density at radius 3 is 2.04 bits per heavy atom. The van der Waals surface area contributed by atoms with Gasteiger partial charge in [0.05, 0.1) is 0 Å². The summed E-state index contributed by atoms with van der Waals surface area (Å²) in [7, 11) is 0. The Balaban J connectivity index is 0.000000379. The molecular weight excluding hydrogens is 404 g/mol. The number of fused-ring (bicyclic) bond motifs is 3. The van der Waals surface area contributed by atoms with E-state index in [0.717, 1.165) is 12.8 Å². The van der Waals surface area contributed by atoms with Crippen molar-refractivity contribution in [2.75, 3.05) is 0 Å². The van der Waals surface area contributed by atoms with Crippen LogP contribution in [0.3, 0.4) is 0 Å². The summed E-state index contributed by atoms with van der Waals surface area (Å²) in [5.74, 6) is 0. The van der Waals surface area contributed by atoms with Gasteiger partial charge < -0.3 is 0 Å². The summed E-state index contributed by atoms with van der Waals surface area (Å²) in [6.45, 7) is 13.6. The molecule has 0 saturated carbocycles. The average Bonchev–Trinajstić information content (AvgIpc) is 3.23. The van der Waals surface area contributed by atoms with Crippen LogP contribution < -0.4 is 0 Å². The van der Waals surface area contributed by atoms with E-state index in [1.165, 1.54) is 33.4 Å². The first-order chi connectivity index (χ1) is 12.2. The Labute approximate surface area is 184 Å². The van der Waals surface area contributed by atoms with E-state index < -0.39 is 0 Å². The first kappa shape index (κ1) is 22.1. The molecule has 1 heteroatoms. The zero-order chi connectivity index (χ0) is 18.9. The van der Waals surface area contributed by atoms with Crippen LogP contribution in [0.25, 0.3) is 11.1 Å². The van der Waals surface area contributed by atoms with Gasteiger partial charge in [-0.15, -0.1) is 12.0 Å². The second kappa shape index (κ2) is 8.44. The van der Waals surface area contributed by atoms with Gasteiger partial charge in [-0.05, 0) is 17.4 Å². The Morgan fingerprint density at radius 2 is 1.52 bits per heavy atom. The third-order valence-corrected chi connectivity index (χ3v) is 5.11. The fraction of sp³-hybridized carbons (Fsp3) is 0.385. The summed E-state index contributed by atoms with van der Waals surface area (Å²) in [5, 5.41) is 0. The van der Waals surface area contributed by atoms with Gasteiger partial charge in [-0.2, -0.15) is 35.4 Å². The van der Waals surface area contributed by atoms with Crippen LogP contribution in [0.4, 0.5) is 0 Å². The van der Waals surface area contributed by atoms with Gasteiger partial charge >= 0.3 is 26.2 Å². The second-order valence-electron chi connectivity index (χ2n) is 9.33. The average molecular weight is 434 g/mol. The van der Waals surface area contributed by atoms with Gasteiger partial charge in [0.1, 0.15) is 0 Å². The van der Waals surface area contributed by atoms with Crippen LogP contribution >= 0.6 is 0 Å². The molecule has 0 unspecified atom stereocenters. The molecule has 0 fully saturated rings. The molecule has 0 amide bonds. The van der Waals surface area contributed by atoms with E-state index in [1.54, 1.807) is 0 Å². The Morgan fingerprint density at radius 1 is 0.852 bits per heavy atom. The van der Waals surface area contributed by atoms with Crippen LogP contribution in [0.2, 0.25) is 0 Å². The first-order valence-corrected chi connectivity index (χ1v) is 9.57. The van der Waals surface area contributed by atoms with Gasteiger partial charge in [-0.25, -0.2) is 12.2 Å². The van der Waals surface area contributed by atoms with Crippen molar-refractivity contribution in [1.82, 2.24) is 0 Å². The number of rotatable bonds is 0. The zero-order valence-electron chi connectivity index (χ0n) is 17.5. The van der Waals surface area contributed by atoms with Gasteiger partial charge in [0.2, 0.25) is 0 Å². The second-order valence-corrected chi connectivity index (χ2v) is 9.33. The van der Waals surface area contributed by atoms with Crippen molar-refractivity contribution in [1.29, 1.82) is 0 Å². The molecule has 0 aromatic heterocycles. The van der Waals surface area contributed by atoms with Gasteiger partial charge in [0.25, 0.3) is 0 Å². The molecule has 0 spiro atoms. The molecule has 27 heavy (non-hydrogen) atoms.